The lowest BCUT2D eigenvalue weighted by molar-refractivity contribution is 0.302. The molecule has 0 saturated heterocycles. The van der Waals surface area contributed by atoms with Gasteiger partial charge in [0.25, 0.3) is 5.56 Å². The fourth-order valence-electron chi connectivity index (χ4n) is 2.54. The first-order chi connectivity index (χ1) is 11.9. The predicted octanol–water partition coefficient (Wildman–Crippen LogP) is 0.556. The van der Waals surface area contributed by atoms with E-state index in [1.807, 2.05) is 24.3 Å². The molecule has 0 unspecified atom stereocenters. The van der Waals surface area contributed by atoms with Crippen molar-refractivity contribution in [2.45, 2.75) is 13.0 Å². The molecule has 0 saturated carbocycles. The van der Waals surface area contributed by atoms with Crippen LogP contribution in [0, 0.1) is 0 Å². The third-order valence-corrected chi connectivity index (χ3v) is 5.85. The highest BCUT2D eigenvalue weighted by molar-refractivity contribution is 7.89. The van der Waals surface area contributed by atoms with Crippen LogP contribution in [0.15, 0.2) is 29.1 Å². The van der Waals surface area contributed by atoms with Crippen LogP contribution in [0.3, 0.4) is 0 Å². The maximum atomic E-state index is 12.4. The van der Waals surface area contributed by atoms with Gasteiger partial charge in [-0.1, -0.05) is 18.2 Å². The van der Waals surface area contributed by atoms with Crippen molar-refractivity contribution in [1.29, 1.82) is 0 Å². The van der Waals surface area contributed by atoms with Crippen molar-refractivity contribution in [3.8, 4) is 5.75 Å². The third-order valence-electron chi connectivity index (χ3n) is 4.01. The number of fused-ring (bicyclic) bond motifs is 2. The van der Waals surface area contributed by atoms with Gasteiger partial charge in [0.1, 0.15) is 12.4 Å². The van der Waals surface area contributed by atoms with Crippen LogP contribution in [0.1, 0.15) is 16.8 Å². The van der Waals surface area contributed by atoms with Gasteiger partial charge in [0.2, 0.25) is 16.0 Å². The van der Waals surface area contributed by atoms with Gasteiger partial charge in [-0.15, -0.1) is 0 Å². The fourth-order valence-corrected chi connectivity index (χ4v) is 3.26. The molecule has 0 radical (unpaired) electrons. The number of anilines is 1. The first-order valence-corrected chi connectivity index (χ1v) is 9.44. The molecule has 1 aromatic carbocycles. The van der Waals surface area contributed by atoms with E-state index in [1.54, 1.807) is 0 Å². The van der Waals surface area contributed by atoms with Crippen molar-refractivity contribution in [3.63, 3.8) is 0 Å². The standard InChI is InChI=1S/C16H20N4O4S/c1-20(2)25(22,23)8-7-17-16-18-13-10-24-14-6-4-3-5-11(14)9-12(13)15(21)19-16/h3-6H,7-10H2,1-2H3,(H2,17,18,19,21). The van der Waals surface area contributed by atoms with E-state index in [0.29, 0.717) is 17.7 Å². The Hall–Kier alpha value is -2.39. The van der Waals surface area contributed by atoms with Crippen LogP contribution in [0.2, 0.25) is 0 Å². The molecule has 0 spiro atoms. The summed E-state index contributed by atoms with van der Waals surface area (Å²) in [4.78, 5) is 19.4. The molecule has 0 aliphatic carbocycles. The number of para-hydroxylation sites is 1. The van der Waals surface area contributed by atoms with Crippen LogP contribution in [-0.2, 0) is 23.1 Å². The normalized spacial score (nSPS) is 13.6. The van der Waals surface area contributed by atoms with E-state index in [-0.39, 0.29) is 30.4 Å². The highest BCUT2D eigenvalue weighted by Gasteiger charge is 2.19. The zero-order valence-corrected chi connectivity index (χ0v) is 14.9. The molecule has 8 nitrogen and oxygen atoms in total. The summed E-state index contributed by atoms with van der Waals surface area (Å²) < 4.78 is 30.4. The lowest BCUT2D eigenvalue weighted by atomic mass is 10.1. The van der Waals surface area contributed by atoms with E-state index < -0.39 is 10.0 Å². The monoisotopic (exact) mass is 364 g/mol. The lowest BCUT2D eigenvalue weighted by Crippen LogP contribution is -2.29. The Morgan fingerprint density at radius 2 is 2.08 bits per heavy atom. The maximum Gasteiger partial charge on any atom is 0.256 e. The lowest BCUT2D eigenvalue weighted by Gasteiger charge is -2.12. The van der Waals surface area contributed by atoms with Crippen molar-refractivity contribution < 1.29 is 13.2 Å². The van der Waals surface area contributed by atoms with Crippen molar-refractivity contribution >= 4 is 16.0 Å². The first-order valence-electron chi connectivity index (χ1n) is 7.83. The number of benzene rings is 1. The summed E-state index contributed by atoms with van der Waals surface area (Å²) in [5, 5.41) is 2.86. The van der Waals surface area contributed by atoms with Gasteiger partial charge in [0.15, 0.2) is 0 Å². The summed E-state index contributed by atoms with van der Waals surface area (Å²) in [6, 6.07) is 7.56. The van der Waals surface area contributed by atoms with E-state index in [9.17, 15) is 13.2 Å². The Morgan fingerprint density at radius 1 is 1.32 bits per heavy atom. The Kier molecular flexibility index (Phi) is 4.78. The molecule has 3 rings (SSSR count). The zero-order valence-electron chi connectivity index (χ0n) is 14.1. The van der Waals surface area contributed by atoms with Crippen LogP contribution >= 0.6 is 0 Å². The summed E-state index contributed by atoms with van der Waals surface area (Å²) >= 11 is 0. The van der Waals surface area contributed by atoms with Gasteiger partial charge < -0.3 is 10.1 Å². The zero-order chi connectivity index (χ0) is 18.0. The van der Waals surface area contributed by atoms with Crippen molar-refractivity contribution in [1.82, 2.24) is 14.3 Å². The molecule has 0 fully saturated rings. The van der Waals surface area contributed by atoms with E-state index in [0.717, 1.165) is 15.6 Å². The van der Waals surface area contributed by atoms with Crippen molar-refractivity contribution in [2.75, 3.05) is 31.7 Å². The number of nitrogens with zero attached hydrogens (tertiary/aromatic N) is 2. The number of nitrogens with one attached hydrogen (secondary N) is 2. The molecule has 2 heterocycles. The van der Waals surface area contributed by atoms with Gasteiger partial charge >= 0.3 is 0 Å². The molecule has 0 atom stereocenters. The average molecular weight is 364 g/mol. The van der Waals surface area contributed by atoms with E-state index >= 15 is 0 Å². The van der Waals surface area contributed by atoms with Gasteiger partial charge in [-0.05, 0) is 11.6 Å². The molecular weight excluding hydrogens is 344 g/mol. The number of rotatable bonds is 5. The SMILES string of the molecule is CN(C)S(=O)(=O)CCNc1nc2c(c(=O)[nH]1)Cc1ccccc1OC2. The summed E-state index contributed by atoms with van der Waals surface area (Å²) in [5.74, 6) is 0.890. The molecule has 25 heavy (non-hydrogen) atoms. The van der Waals surface area contributed by atoms with E-state index in [2.05, 4.69) is 15.3 Å². The number of aromatic amines is 1. The molecule has 2 N–H and O–H groups in total. The second kappa shape index (κ2) is 6.85. The number of sulfonamides is 1. The average Bonchev–Trinajstić information content (AvgIpc) is 2.74. The Bertz CT molecular complexity index is 937. The maximum absolute atomic E-state index is 12.4. The number of ether oxygens (including phenoxy) is 1. The molecule has 1 aromatic heterocycles. The Labute approximate surface area is 145 Å². The Balaban J connectivity index is 1.78. The minimum Gasteiger partial charge on any atom is -0.487 e. The van der Waals surface area contributed by atoms with E-state index in [1.165, 1.54) is 14.1 Å². The second-order valence-corrected chi connectivity index (χ2v) is 8.24. The summed E-state index contributed by atoms with van der Waals surface area (Å²) in [6.45, 7) is 0.338. The van der Waals surface area contributed by atoms with E-state index in [4.69, 9.17) is 4.74 Å². The predicted molar refractivity (Wildman–Crippen MR) is 94.4 cm³/mol. The smallest absolute Gasteiger partial charge is 0.256 e. The van der Waals surface area contributed by atoms with Gasteiger partial charge in [-0.25, -0.2) is 17.7 Å². The molecular formula is C16H20N4O4S. The summed E-state index contributed by atoms with van der Waals surface area (Å²) in [7, 11) is -0.354. The van der Waals surface area contributed by atoms with Gasteiger partial charge in [0.05, 0.1) is 11.4 Å². The molecule has 0 bridgehead atoms. The molecule has 9 heteroatoms. The van der Waals surface area contributed by atoms with Gasteiger partial charge in [0, 0.05) is 32.6 Å². The fraction of sp³-hybridized carbons (Fsp3) is 0.375. The minimum absolute atomic E-state index is 0.0945. The summed E-state index contributed by atoms with van der Waals surface area (Å²) in [6.07, 6.45) is 0.448. The quantitative estimate of drug-likeness (QED) is 0.803. The second-order valence-electron chi connectivity index (χ2n) is 5.94. The Morgan fingerprint density at radius 3 is 2.84 bits per heavy atom. The van der Waals surface area contributed by atoms with Crippen LogP contribution < -0.4 is 15.6 Å². The molecule has 134 valence electrons. The van der Waals surface area contributed by atoms with Crippen molar-refractivity contribution in [2.24, 2.45) is 0 Å². The van der Waals surface area contributed by atoms with Crippen LogP contribution in [0.4, 0.5) is 5.95 Å². The van der Waals surface area contributed by atoms with Gasteiger partial charge in [-0.3, -0.25) is 9.78 Å². The molecule has 1 aliphatic heterocycles. The highest BCUT2D eigenvalue weighted by atomic mass is 32.2. The highest BCUT2D eigenvalue weighted by Crippen LogP contribution is 2.25. The van der Waals surface area contributed by atoms with Crippen LogP contribution in [0.25, 0.3) is 0 Å². The van der Waals surface area contributed by atoms with Crippen LogP contribution in [0.5, 0.6) is 5.75 Å². The number of hydrogen-bond acceptors (Lipinski definition) is 6. The van der Waals surface area contributed by atoms with Crippen LogP contribution in [-0.4, -0.2) is 49.1 Å². The molecule has 1 aliphatic rings. The molecule has 2 aromatic rings. The number of aromatic nitrogens is 2. The van der Waals surface area contributed by atoms with Crippen molar-refractivity contribution in [3.05, 3.63) is 51.4 Å². The first kappa shape index (κ1) is 17.4. The molecule has 0 amide bonds. The van der Waals surface area contributed by atoms with Gasteiger partial charge in [-0.2, -0.15) is 0 Å². The topological polar surface area (TPSA) is 104 Å². The minimum atomic E-state index is -3.31. The summed E-state index contributed by atoms with van der Waals surface area (Å²) in [5.41, 5.74) is 1.81. The third kappa shape index (κ3) is 3.83. The number of hydrogen-bond donors (Lipinski definition) is 2. The largest absolute Gasteiger partial charge is 0.487 e. The number of H-pyrrole nitrogens is 1.